The average Bonchev–Trinajstić information content (AvgIpc) is 2.65. The van der Waals surface area contributed by atoms with Gasteiger partial charge in [-0.05, 0) is 18.1 Å². The highest BCUT2D eigenvalue weighted by Crippen LogP contribution is 2.07. The standard InChI is InChI=1S/C11H17NO2.ClH/c1-8(2)11(12)10(13)6-5-9-4-3-7-14-9;/h3-4,7-8,11H,5-6,12H2,1-2H3;1H/t11-;/m1./s1. The molecule has 1 aromatic rings. The van der Waals surface area contributed by atoms with Crippen LogP contribution < -0.4 is 5.73 Å². The molecule has 0 saturated heterocycles. The van der Waals surface area contributed by atoms with Gasteiger partial charge in [-0.2, -0.15) is 0 Å². The van der Waals surface area contributed by atoms with Crippen LogP contribution in [0.2, 0.25) is 0 Å². The SMILES string of the molecule is CC(C)[C@@H](N)C(=O)CCc1ccco1.Cl. The number of hydrogen-bond donors (Lipinski definition) is 1. The summed E-state index contributed by atoms with van der Waals surface area (Å²) in [5.74, 6) is 1.16. The maximum atomic E-state index is 11.5. The van der Waals surface area contributed by atoms with Crippen molar-refractivity contribution in [3.63, 3.8) is 0 Å². The molecule has 2 N–H and O–H groups in total. The van der Waals surface area contributed by atoms with Gasteiger partial charge in [-0.1, -0.05) is 13.8 Å². The molecule has 1 rings (SSSR count). The Hall–Kier alpha value is -0.800. The van der Waals surface area contributed by atoms with Crippen LogP contribution in [0.1, 0.15) is 26.0 Å². The number of Topliss-reactive ketones (excluding diaryl/α,β-unsaturated/α-hetero) is 1. The number of carbonyl (C=O) groups is 1. The number of rotatable bonds is 5. The third-order valence-corrected chi connectivity index (χ3v) is 2.29. The molecule has 0 radical (unpaired) electrons. The third kappa shape index (κ3) is 4.49. The van der Waals surface area contributed by atoms with E-state index in [0.717, 1.165) is 5.76 Å². The molecule has 0 fully saturated rings. The Balaban J connectivity index is 0.00000196. The van der Waals surface area contributed by atoms with Crippen LogP contribution in [0.3, 0.4) is 0 Å². The number of carbonyl (C=O) groups excluding carboxylic acids is 1. The van der Waals surface area contributed by atoms with Crippen molar-refractivity contribution in [3.8, 4) is 0 Å². The molecule has 15 heavy (non-hydrogen) atoms. The van der Waals surface area contributed by atoms with Crippen molar-refractivity contribution >= 4 is 18.2 Å². The van der Waals surface area contributed by atoms with Crippen molar-refractivity contribution in [1.29, 1.82) is 0 Å². The second-order valence-corrected chi connectivity index (χ2v) is 3.82. The van der Waals surface area contributed by atoms with Gasteiger partial charge in [0.25, 0.3) is 0 Å². The molecule has 0 aliphatic carbocycles. The summed E-state index contributed by atoms with van der Waals surface area (Å²) in [6.45, 7) is 3.91. The van der Waals surface area contributed by atoms with Crippen LogP contribution in [-0.2, 0) is 11.2 Å². The highest BCUT2D eigenvalue weighted by Gasteiger charge is 2.16. The van der Waals surface area contributed by atoms with E-state index in [0.29, 0.717) is 12.8 Å². The number of furan rings is 1. The molecular formula is C11H18ClNO2. The van der Waals surface area contributed by atoms with Crippen molar-refractivity contribution < 1.29 is 9.21 Å². The molecule has 3 nitrogen and oxygen atoms in total. The Morgan fingerprint density at radius 2 is 2.20 bits per heavy atom. The lowest BCUT2D eigenvalue weighted by atomic mass is 9.98. The topological polar surface area (TPSA) is 56.2 Å². The van der Waals surface area contributed by atoms with Crippen molar-refractivity contribution in [3.05, 3.63) is 24.2 Å². The first-order chi connectivity index (χ1) is 6.61. The van der Waals surface area contributed by atoms with E-state index >= 15 is 0 Å². The second-order valence-electron chi connectivity index (χ2n) is 3.82. The molecule has 4 heteroatoms. The van der Waals surface area contributed by atoms with E-state index < -0.39 is 0 Å². The minimum Gasteiger partial charge on any atom is -0.469 e. The van der Waals surface area contributed by atoms with Gasteiger partial charge in [0.1, 0.15) is 11.5 Å². The summed E-state index contributed by atoms with van der Waals surface area (Å²) < 4.78 is 5.13. The molecule has 1 atom stereocenters. The minimum atomic E-state index is -0.343. The summed E-state index contributed by atoms with van der Waals surface area (Å²) in [7, 11) is 0. The molecule has 0 amide bonds. The van der Waals surface area contributed by atoms with Crippen LogP contribution in [0.5, 0.6) is 0 Å². The quantitative estimate of drug-likeness (QED) is 0.845. The number of hydrogen-bond acceptors (Lipinski definition) is 3. The van der Waals surface area contributed by atoms with Gasteiger partial charge in [-0.3, -0.25) is 4.79 Å². The van der Waals surface area contributed by atoms with E-state index in [1.165, 1.54) is 0 Å². The molecule has 0 aromatic carbocycles. The molecule has 1 aromatic heterocycles. The molecule has 0 aliphatic rings. The van der Waals surface area contributed by atoms with Crippen molar-refractivity contribution in [2.75, 3.05) is 0 Å². The minimum absolute atomic E-state index is 0. The van der Waals surface area contributed by atoms with Gasteiger partial charge in [-0.25, -0.2) is 0 Å². The molecule has 0 saturated carbocycles. The fourth-order valence-electron chi connectivity index (χ4n) is 1.24. The zero-order chi connectivity index (χ0) is 10.6. The van der Waals surface area contributed by atoms with Gasteiger partial charge < -0.3 is 10.2 Å². The number of aryl methyl sites for hydroxylation is 1. The molecule has 0 bridgehead atoms. The summed E-state index contributed by atoms with van der Waals surface area (Å²) in [5, 5.41) is 0. The highest BCUT2D eigenvalue weighted by atomic mass is 35.5. The monoisotopic (exact) mass is 231 g/mol. The van der Waals surface area contributed by atoms with E-state index in [1.807, 2.05) is 26.0 Å². The maximum Gasteiger partial charge on any atom is 0.150 e. The average molecular weight is 232 g/mol. The lowest BCUT2D eigenvalue weighted by Crippen LogP contribution is -2.35. The van der Waals surface area contributed by atoms with E-state index in [1.54, 1.807) is 6.26 Å². The van der Waals surface area contributed by atoms with Crippen LogP contribution in [0.25, 0.3) is 0 Å². The first-order valence-electron chi connectivity index (χ1n) is 4.92. The Morgan fingerprint density at radius 1 is 1.53 bits per heavy atom. The Kier molecular flexibility index (Phi) is 6.29. The fraction of sp³-hybridized carbons (Fsp3) is 0.545. The molecular weight excluding hydrogens is 214 g/mol. The predicted octanol–water partition coefficient (Wildman–Crippen LogP) is 2.19. The normalized spacial score (nSPS) is 12.3. The van der Waals surface area contributed by atoms with Crippen LogP contribution in [0, 0.1) is 5.92 Å². The maximum absolute atomic E-state index is 11.5. The van der Waals surface area contributed by atoms with Crippen LogP contribution in [0.15, 0.2) is 22.8 Å². The molecule has 0 spiro atoms. The second kappa shape index (κ2) is 6.64. The van der Waals surface area contributed by atoms with Gasteiger partial charge >= 0.3 is 0 Å². The first-order valence-corrected chi connectivity index (χ1v) is 4.92. The molecule has 86 valence electrons. The van der Waals surface area contributed by atoms with Crippen LogP contribution in [-0.4, -0.2) is 11.8 Å². The largest absolute Gasteiger partial charge is 0.469 e. The van der Waals surface area contributed by atoms with E-state index in [4.69, 9.17) is 10.2 Å². The Morgan fingerprint density at radius 3 is 2.67 bits per heavy atom. The zero-order valence-corrected chi connectivity index (χ0v) is 9.92. The number of nitrogens with two attached hydrogens (primary N) is 1. The zero-order valence-electron chi connectivity index (χ0n) is 9.10. The van der Waals surface area contributed by atoms with Crippen molar-refractivity contribution in [2.24, 2.45) is 11.7 Å². The number of halogens is 1. The van der Waals surface area contributed by atoms with E-state index in [2.05, 4.69) is 0 Å². The van der Waals surface area contributed by atoms with E-state index in [9.17, 15) is 4.79 Å². The predicted molar refractivity (Wildman–Crippen MR) is 62.1 cm³/mol. The fourth-order valence-corrected chi connectivity index (χ4v) is 1.24. The first kappa shape index (κ1) is 14.2. The lowest BCUT2D eigenvalue weighted by molar-refractivity contribution is -0.121. The summed E-state index contributed by atoms with van der Waals surface area (Å²) in [6.07, 6.45) is 2.72. The summed E-state index contributed by atoms with van der Waals surface area (Å²) in [6, 6.07) is 3.35. The van der Waals surface area contributed by atoms with Gasteiger partial charge in [0.15, 0.2) is 0 Å². The molecule has 1 heterocycles. The van der Waals surface area contributed by atoms with Gasteiger partial charge in [0.05, 0.1) is 12.3 Å². The van der Waals surface area contributed by atoms with E-state index in [-0.39, 0.29) is 30.2 Å². The number of ketones is 1. The molecule has 0 unspecified atom stereocenters. The van der Waals surface area contributed by atoms with Gasteiger partial charge in [0, 0.05) is 12.8 Å². The van der Waals surface area contributed by atoms with Crippen molar-refractivity contribution in [1.82, 2.24) is 0 Å². The van der Waals surface area contributed by atoms with Gasteiger partial charge in [-0.15, -0.1) is 12.4 Å². The Labute approximate surface area is 96.4 Å². The summed E-state index contributed by atoms with van der Waals surface area (Å²) in [5.41, 5.74) is 5.72. The summed E-state index contributed by atoms with van der Waals surface area (Å²) in [4.78, 5) is 11.5. The third-order valence-electron chi connectivity index (χ3n) is 2.29. The van der Waals surface area contributed by atoms with Gasteiger partial charge in [0.2, 0.25) is 0 Å². The molecule has 0 aliphatic heterocycles. The van der Waals surface area contributed by atoms with Crippen LogP contribution in [0.4, 0.5) is 0 Å². The summed E-state index contributed by atoms with van der Waals surface area (Å²) >= 11 is 0. The van der Waals surface area contributed by atoms with Crippen LogP contribution >= 0.6 is 12.4 Å². The smallest absolute Gasteiger partial charge is 0.150 e. The van der Waals surface area contributed by atoms with Crippen molar-refractivity contribution in [2.45, 2.75) is 32.7 Å². The lowest BCUT2D eigenvalue weighted by Gasteiger charge is -2.13. The highest BCUT2D eigenvalue weighted by molar-refractivity contribution is 5.85. The Bertz CT molecular complexity index is 283.